The molecule has 2 nitrogen and oxygen atoms in total. The van der Waals surface area contributed by atoms with E-state index in [1.165, 1.54) is 20.6 Å². The maximum absolute atomic E-state index is 3.60. The monoisotopic (exact) mass is 324 g/mol. The smallest absolute Gasteiger partial charge is 0.0680 e. The van der Waals surface area contributed by atoms with Crippen molar-refractivity contribution in [3.63, 3.8) is 0 Å². The average Bonchev–Trinajstić information content (AvgIpc) is 2.78. The average molecular weight is 325 g/mol. The van der Waals surface area contributed by atoms with Gasteiger partial charge < -0.3 is 10.2 Å². The molecule has 0 aliphatic carbocycles. The molecule has 0 aliphatic heterocycles. The number of benzene rings is 1. The van der Waals surface area contributed by atoms with Crippen molar-refractivity contribution in [2.75, 3.05) is 26.0 Å². The van der Waals surface area contributed by atoms with Crippen molar-refractivity contribution in [2.45, 2.75) is 6.04 Å². The Bertz CT molecular complexity index is 505. The SMILES string of the molecule is CNC(c1ccc(N(C)C)cc1)c1sccc1Br. The second-order valence-electron chi connectivity index (χ2n) is 4.34. The fraction of sp³-hybridized carbons (Fsp3) is 0.286. The van der Waals surface area contributed by atoms with E-state index in [9.17, 15) is 0 Å². The van der Waals surface area contributed by atoms with Gasteiger partial charge in [0.05, 0.1) is 6.04 Å². The molecule has 0 bridgehead atoms. The maximum Gasteiger partial charge on any atom is 0.0680 e. The maximum atomic E-state index is 3.60. The van der Waals surface area contributed by atoms with Crippen molar-refractivity contribution in [3.05, 3.63) is 50.6 Å². The van der Waals surface area contributed by atoms with Gasteiger partial charge in [-0.3, -0.25) is 0 Å². The molecule has 4 heteroatoms. The van der Waals surface area contributed by atoms with Gasteiger partial charge in [0.15, 0.2) is 0 Å². The van der Waals surface area contributed by atoms with E-state index < -0.39 is 0 Å². The van der Waals surface area contributed by atoms with Crippen LogP contribution in [0.5, 0.6) is 0 Å². The van der Waals surface area contributed by atoms with Gasteiger partial charge >= 0.3 is 0 Å². The van der Waals surface area contributed by atoms with Crippen LogP contribution in [-0.2, 0) is 0 Å². The largest absolute Gasteiger partial charge is 0.378 e. The minimum atomic E-state index is 0.246. The molecule has 96 valence electrons. The highest BCUT2D eigenvalue weighted by Gasteiger charge is 2.16. The molecule has 18 heavy (non-hydrogen) atoms. The third-order valence-corrected chi connectivity index (χ3v) is 4.87. The van der Waals surface area contributed by atoms with Gasteiger partial charge in [0.1, 0.15) is 0 Å². The molecule has 0 saturated carbocycles. The standard InChI is InChI=1S/C14H17BrN2S/c1-16-13(14-12(15)8-9-18-14)10-4-6-11(7-5-10)17(2)3/h4-9,13,16H,1-3H3. The number of anilines is 1. The summed E-state index contributed by atoms with van der Waals surface area (Å²) in [6, 6.07) is 11.0. The second-order valence-corrected chi connectivity index (χ2v) is 6.14. The molecule has 1 atom stereocenters. The first-order valence-corrected chi connectivity index (χ1v) is 7.48. The second kappa shape index (κ2) is 5.87. The van der Waals surface area contributed by atoms with Crippen LogP contribution < -0.4 is 10.2 Å². The van der Waals surface area contributed by atoms with Gasteiger partial charge in [0, 0.05) is 29.1 Å². The van der Waals surface area contributed by atoms with Gasteiger partial charge in [0.25, 0.3) is 0 Å². The van der Waals surface area contributed by atoms with Gasteiger partial charge in [0.2, 0.25) is 0 Å². The van der Waals surface area contributed by atoms with Crippen LogP contribution in [0.2, 0.25) is 0 Å². The van der Waals surface area contributed by atoms with Crippen LogP contribution >= 0.6 is 27.3 Å². The van der Waals surface area contributed by atoms with Crippen LogP contribution in [0.15, 0.2) is 40.2 Å². The summed E-state index contributed by atoms with van der Waals surface area (Å²) in [6.45, 7) is 0. The molecule has 1 aromatic carbocycles. The molecule has 0 fully saturated rings. The lowest BCUT2D eigenvalue weighted by atomic mass is 10.1. The molecule has 2 rings (SSSR count). The summed E-state index contributed by atoms with van der Waals surface area (Å²) in [7, 11) is 6.11. The Morgan fingerprint density at radius 1 is 1.17 bits per heavy atom. The van der Waals surface area contributed by atoms with Crippen molar-refractivity contribution in [3.8, 4) is 0 Å². The lowest BCUT2D eigenvalue weighted by Gasteiger charge is -2.18. The van der Waals surface area contributed by atoms with E-state index >= 15 is 0 Å². The number of halogens is 1. The molecule has 0 saturated heterocycles. The van der Waals surface area contributed by atoms with E-state index in [-0.39, 0.29) is 6.04 Å². The Morgan fingerprint density at radius 3 is 2.28 bits per heavy atom. The van der Waals surface area contributed by atoms with E-state index in [0.29, 0.717) is 0 Å². The zero-order chi connectivity index (χ0) is 13.1. The molecule has 0 aliphatic rings. The molecule has 0 radical (unpaired) electrons. The summed E-state index contributed by atoms with van der Waals surface area (Å²) in [5.74, 6) is 0. The third-order valence-electron chi connectivity index (χ3n) is 2.94. The van der Waals surface area contributed by atoms with Crippen LogP contribution in [0.4, 0.5) is 5.69 Å². The van der Waals surface area contributed by atoms with Gasteiger partial charge in [-0.15, -0.1) is 11.3 Å². The van der Waals surface area contributed by atoms with Gasteiger partial charge in [-0.1, -0.05) is 12.1 Å². The lowest BCUT2D eigenvalue weighted by Crippen LogP contribution is -2.17. The van der Waals surface area contributed by atoms with Crippen molar-refractivity contribution in [2.24, 2.45) is 0 Å². The highest BCUT2D eigenvalue weighted by atomic mass is 79.9. The van der Waals surface area contributed by atoms with E-state index in [4.69, 9.17) is 0 Å². The fourth-order valence-electron chi connectivity index (χ4n) is 1.93. The first kappa shape index (κ1) is 13.6. The number of hydrogen-bond donors (Lipinski definition) is 1. The highest BCUT2D eigenvalue weighted by molar-refractivity contribution is 9.10. The molecule has 1 unspecified atom stereocenters. The highest BCUT2D eigenvalue weighted by Crippen LogP contribution is 2.33. The minimum absolute atomic E-state index is 0.246. The van der Waals surface area contributed by atoms with E-state index in [2.05, 4.69) is 76.0 Å². The Balaban J connectivity index is 2.31. The molecular formula is C14H17BrN2S. The topological polar surface area (TPSA) is 15.3 Å². The fourth-order valence-corrected chi connectivity index (χ4v) is 3.66. The summed E-state index contributed by atoms with van der Waals surface area (Å²) in [6.07, 6.45) is 0. The normalized spacial score (nSPS) is 12.4. The van der Waals surface area contributed by atoms with Crippen molar-refractivity contribution >= 4 is 33.0 Å². The lowest BCUT2D eigenvalue weighted by molar-refractivity contribution is 0.701. The van der Waals surface area contributed by atoms with E-state index in [1.54, 1.807) is 11.3 Å². The van der Waals surface area contributed by atoms with Crippen molar-refractivity contribution < 1.29 is 0 Å². The zero-order valence-electron chi connectivity index (χ0n) is 10.8. The molecular weight excluding hydrogens is 308 g/mol. The Kier molecular flexibility index (Phi) is 4.43. The molecule has 0 amide bonds. The van der Waals surface area contributed by atoms with Crippen molar-refractivity contribution in [1.82, 2.24) is 5.32 Å². The summed E-state index contributed by atoms with van der Waals surface area (Å²) < 4.78 is 1.17. The predicted octanol–water partition coefficient (Wildman–Crippen LogP) is 3.89. The Labute approximate surface area is 121 Å². The summed E-state index contributed by atoms with van der Waals surface area (Å²) in [5, 5.41) is 5.49. The molecule has 2 aromatic rings. The first-order chi connectivity index (χ1) is 8.63. The predicted molar refractivity (Wildman–Crippen MR) is 83.7 cm³/mol. The van der Waals surface area contributed by atoms with Crippen LogP contribution in [-0.4, -0.2) is 21.1 Å². The number of nitrogens with one attached hydrogen (secondary N) is 1. The van der Waals surface area contributed by atoms with Gasteiger partial charge in [-0.2, -0.15) is 0 Å². The Morgan fingerprint density at radius 2 is 1.83 bits per heavy atom. The van der Waals surface area contributed by atoms with E-state index in [0.717, 1.165) is 0 Å². The Hall–Kier alpha value is -0.840. The van der Waals surface area contributed by atoms with Crippen LogP contribution in [0.3, 0.4) is 0 Å². The van der Waals surface area contributed by atoms with Gasteiger partial charge in [-0.05, 0) is 52.1 Å². The summed E-state index contributed by atoms with van der Waals surface area (Å²) >= 11 is 5.37. The zero-order valence-corrected chi connectivity index (χ0v) is 13.2. The van der Waals surface area contributed by atoms with Crippen LogP contribution in [0.1, 0.15) is 16.5 Å². The molecule has 1 N–H and O–H groups in total. The number of hydrogen-bond acceptors (Lipinski definition) is 3. The summed E-state index contributed by atoms with van der Waals surface area (Å²) in [5.41, 5.74) is 2.50. The first-order valence-electron chi connectivity index (χ1n) is 5.81. The number of thiophene rings is 1. The van der Waals surface area contributed by atoms with Crippen LogP contribution in [0.25, 0.3) is 0 Å². The quantitative estimate of drug-likeness (QED) is 0.918. The molecule has 0 spiro atoms. The minimum Gasteiger partial charge on any atom is -0.378 e. The number of nitrogens with zero attached hydrogens (tertiary/aromatic N) is 1. The van der Waals surface area contributed by atoms with Crippen LogP contribution in [0, 0.1) is 0 Å². The molecule has 1 aromatic heterocycles. The number of rotatable bonds is 4. The van der Waals surface area contributed by atoms with E-state index in [1.807, 2.05) is 7.05 Å². The van der Waals surface area contributed by atoms with Crippen molar-refractivity contribution in [1.29, 1.82) is 0 Å². The van der Waals surface area contributed by atoms with Gasteiger partial charge in [-0.25, -0.2) is 0 Å². The third kappa shape index (κ3) is 2.76. The summed E-state index contributed by atoms with van der Waals surface area (Å²) in [4.78, 5) is 3.43. The molecule has 1 heterocycles.